The first kappa shape index (κ1) is 26.5. The number of hydrogen-bond acceptors (Lipinski definition) is 5. The molecular weight excluding hydrogens is 561 g/mol. The van der Waals surface area contributed by atoms with Gasteiger partial charge in [-0.1, -0.05) is 59.1 Å². The van der Waals surface area contributed by atoms with Crippen molar-refractivity contribution in [1.29, 1.82) is 0 Å². The smallest absolute Gasteiger partial charge is 0.335 e. The standard InChI is InChI=1S/C30H26Cl3NO5/c31-24-5-2-6-25(32)27(24)30(20-7-8-20)21(16-39-34-30)15-38-22-9-10-23(26(33)12-22)29(37)13-19(14-29)17-3-1-4-18(11-17)28(35)36/h1-6,9-12,16,19-20,34,37H,7-8,13-15H2,(H,35,36). The van der Waals surface area contributed by atoms with Gasteiger partial charge in [0, 0.05) is 26.7 Å². The Labute approximate surface area is 241 Å². The number of ether oxygens (including phenoxy) is 1. The summed E-state index contributed by atoms with van der Waals surface area (Å²) in [5, 5.41) is 22.1. The number of nitrogens with one attached hydrogen (secondary N) is 1. The third-order valence-corrected chi connectivity index (χ3v) is 9.03. The van der Waals surface area contributed by atoms with Crippen LogP contribution in [-0.4, -0.2) is 22.8 Å². The Morgan fingerprint density at radius 3 is 2.38 bits per heavy atom. The molecule has 1 heterocycles. The summed E-state index contributed by atoms with van der Waals surface area (Å²) in [5.74, 6) is -0.0873. The van der Waals surface area contributed by atoms with E-state index in [0.29, 0.717) is 39.2 Å². The van der Waals surface area contributed by atoms with Crippen LogP contribution < -0.4 is 10.2 Å². The molecule has 0 radical (unpaired) electrons. The van der Waals surface area contributed by atoms with E-state index >= 15 is 0 Å². The highest BCUT2D eigenvalue weighted by Gasteiger charge is 2.54. The Balaban J connectivity index is 1.17. The van der Waals surface area contributed by atoms with Crippen molar-refractivity contribution in [2.75, 3.05) is 6.61 Å². The van der Waals surface area contributed by atoms with Crippen LogP contribution in [0.4, 0.5) is 0 Å². The van der Waals surface area contributed by atoms with Gasteiger partial charge in [0.1, 0.15) is 24.2 Å². The largest absolute Gasteiger partial charge is 0.489 e. The van der Waals surface area contributed by atoms with Gasteiger partial charge in [-0.3, -0.25) is 0 Å². The molecule has 6 rings (SSSR count). The van der Waals surface area contributed by atoms with Crippen molar-refractivity contribution in [2.45, 2.75) is 42.7 Å². The molecule has 2 fully saturated rings. The van der Waals surface area contributed by atoms with Crippen LogP contribution in [0, 0.1) is 5.92 Å². The molecule has 3 N–H and O–H groups in total. The normalized spacial score (nSPS) is 25.9. The van der Waals surface area contributed by atoms with Crippen LogP contribution in [-0.2, 0) is 16.0 Å². The second kappa shape index (κ2) is 10.0. The first-order valence-electron chi connectivity index (χ1n) is 12.8. The number of rotatable bonds is 8. The van der Waals surface area contributed by atoms with Gasteiger partial charge in [-0.15, -0.1) is 5.48 Å². The van der Waals surface area contributed by atoms with Gasteiger partial charge >= 0.3 is 5.97 Å². The van der Waals surface area contributed by atoms with Crippen LogP contribution in [0.3, 0.4) is 0 Å². The highest BCUT2D eigenvalue weighted by Crippen LogP contribution is 2.55. The highest BCUT2D eigenvalue weighted by molar-refractivity contribution is 6.36. The minimum absolute atomic E-state index is 0.0512. The number of aromatic carboxylic acids is 1. The zero-order valence-electron chi connectivity index (χ0n) is 20.8. The SMILES string of the molecule is O=C(O)c1cccc(C2CC(O)(c3ccc(OCC4=CONC4(c4c(Cl)cccc4Cl)C4CC4)cc3Cl)C2)c1. The summed E-state index contributed by atoms with van der Waals surface area (Å²) >= 11 is 19.9. The molecule has 202 valence electrons. The lowest BCUT2D eigenvalue weighted by molar-refractivity contribution is -0.0549. The summed E-state index contributed by atoms with van der Waals surface area (Å²) in [5.41, 5.74) is 4.83. The fraction of sp³-hybridized carbons (Fsp3) is 0.300. The number of benzene rings is 3. The third kappa shape index (κ3) is 4.68. The molecule has 1 aliphatic heterocycles. The van der Waals surface area contributed by atoms with E-state index in [2.05, 4.69) is 5.48 Å². The van der Waals surface area contributed by atoms with Crippen LogP contribution in [0.25, 0.3) is 0 Å². The molecule has 9 heteroatoms. The van der Waals surface area contributed by atoms with Crippen LogP contribution in [0.15, 0.2) is 72.5 Å². The van der Waals surface area contributed by atoms with E-state index in [1.807, 2.05) is 24.3 Å². The summed E-state index contributed by atoms with van der Waals surface area (Å²) in [4.78, 5) is 16.9. The first-order valence-corrected chi connectivity index (χ1v) is 13.9. The second-order valence-electron chi connectivity index (χ2n) is 10.5. The predicted molar refractivity (Wildman–Crippen MR) is 149 cm³/mol. The van der Waals surface area contributed by atoms with Crippen LogP contribution in [0.5, 0.6) is 5.75 Å². The Kier molecular flexibility index (Phi) is 6.81. The van der Waals surface area contributed by atoms with Gasteiger partial charge in [-0.2, -0.15) is 0 Å². The Hall–Kier alpha value is -2.74. The number of halogens is 3. The predicted octanol–water partition coefficient (Wildman–Crippen LogP) is 7.21. The van der Waals surface area contributed by atoms with Crippen molar-refractivity contribution in [2.24, 2.45) is 5.92 Å². The van der Waals surface area contributed by atoms with Gasteiger partial charge in [0.05, 0.1) is 16.2 Å². The first-order chi connectivity index (χ1) is 18.7. The van der Waals surface area contributed by atoms with Crippen molar-refractivity contribution >= 4 is 40.8 Å². The van der Waals surface area contributed by atoms with E-state index in [4.69, 9.17) is 44.4 Å². The summed E-state index contributed by atoms with van der Waals surface area (Å²) in [6.45, 7) is 0.229. The van der Waals surface area contributed by atoms with Crippen molar-refractivity contribution in [3.8, 4) is 5.75 Å². The van der Waals surface area contributed by atoms with Gasteiger partial charge in [-0.05, 0) is 79.5 Å². The molecule has 0 spiro atoms. The number of hydroxylamine groups is 1. The van der Waals surface area contributed by atoms with E-state index in [9.17, 15) is 15.0 Å². The fourth-order valence-electron chi connectivity index (χ4n) is 5.91. The molecule has 6 nitrogen and oxygen atoms in total. The number of carboxylic acids is 1. The molecule has 3 aromatic carbocycles. The van der Waals surface area contributed by atoms with Gasteiger partial charge in [-0.25, -0.2) is 4.79 Å². The Morgan fingerprint density at radius 1 is 1.00 bits per heavy atom. The van der Waals surface area contributed by atoms with Gasteiger partial charge in [0.2, 0.25) is 0 Å². The third-order valence-electron chi connectivity index (χ3n) is 8.08. The minimum atomic E-state index is -1.09. The maximum atomic E-state index is 11.3. The highest BCUT2D eigenvalue weighted by atomic mass is 35.5. The van der Waals surface area contributed by atoms with Crippen LogP contribution >= 0.6 is 34.8 Å². The number of carboxylic acid groups (broad SMARTS) is 1. The van der Waals surface area contributed by atoms with Crippen molar-refractivity contribution in [1.82, 2.24) is 5.48 Å². The molecule has 0 amide bonds. The second-order valence-corrected chi connectivity index (χ2v) is 11.8. The van der Waals surface area contributed by atoms with E-state index < -0.39 is 17.1 Å². The Bertz CT molecular complexity index is 1460. The molecule has 0 bridgehead atoms. The quantitative estimate of drug-likeness (QED) is 0.258. The summed E-state index contributed by atoms with van der Waals surface area (Å²) < 4.78 is 6.15. The average Bonchev–Trinajstić information content (AvgIpc) is 3.67. The fourth-order valence-corrected chi connectivity index (χ4v) is 6.95. The van der Waals surface area contributed by atoms with E-state index in [-0.39, 0.29) is 24.0 Å². The van der Waals surface area contributed by atoms with Gasteiger partial charge in [0.15, 0.2) is 0 Å². The molecule has 1 atom stereocenters. The van der Waals surface area contributed by atoms with E-state index in [0.717, 1.165) is 29.5 Å². The average molecular weight is 587 g/mol. The monoisotopic (exact) mass is 585 g/mol. The molecule has 2 aliphatic carbocycles. The lowest BCUT2D eigenvalue weighted by atomic mass is 9.65. The molecule has 3 aromatic rings. The number of hydrogen-bond donors (Lipinski definition) is 3. The van der Waals surface area contributed by atoms with E-state index in [1.165, 1.54) is 0 Å². The molecule has 3 aliphatic rings. The minimum Gasteiger partial charge on any atom is -0.489 e. The summed E-state index contributed by atoms with van der Waals surface area (Å²) in [6, 6.07) is 17.6. The van der Waals surface area contributed by atoms with Gasteiger partial charge in [0.25, 0.3) is 0 Å². The summed E-state index contributed by atoms with van der Waals surface area (Å²) in [6.07, 6.45) is 4.58. The van der Waals surface area contributed by atoms with Crippen LogP contribution in [0.2, 0.25) is 15.1 Å². The molecule has 39 heavy (non-hydrogen) atoms. The molecule has 0 saturated heterocycles. The zero-order valence-corrected chi connectivity index (χ0v) is 23.1. The van der Waals surface area contributed by atoms with Crippen LogP contribution in [0.1, 0.15) is 58.6 Å². The lowest BCUT2D eigenvalue weighted by Crippen LogP contribution is -2.43. The molecule has 2 saturated carbocycles. The topological polar surface area (TPSA) is 88.0 Å². The maximum Gasteiger partial charge on any atom is 0.335 e. The van der Waals surface area contributed by atoms with Gasteiger partial charge < -0.3 is 19.8 Å². The molecule has 0 aromatic heterocycles. The number of aliphatic hydroxyl groups is 1. The van der Waals surface area contributed by atoms with E-state index in [1.54, 1.807) is 42.7 Å². The number of carbonyl (C=O) groups is 1. The zero-order chi connectivity index (χ0) is 27.4. The van der Waals surface area contributed by atoms with Crippen molar-refractivity contribution in [3.63, 3.8) is 0 Å². The molecular formula is C30H26Cl3NO5. The lowest BCUT2D eigenvalue weighted by Gasteiger charge is -2.44. The Morgan fingerprint density at radius 2 is 1.72 bits per heavy atom. The maximum absolute atomic E-state index is 11.3. The van der Waals surface area contributed by atoms with Crippen molar-refractivity contribution < 1.29 is 24.6 Å². The van der Waals surface area contributed by atoms with Crippen molar-refractivity contribution in [3.05, 3.63) is 110 Å². The molecule has 1 unspecified atom stereocenters. The summed E-state index contributed by atoms with van der Waals surface area (Å²) in [7, 11) is 0.